The van der Waals surface area contributed by atoms with E-state index in [4.69, 9.17) is 9.57 Å². The number of amides is 1. The molecule has 0 saturated carbocycles. The van der Waals surface area contributed by atoms with Crippen LogP contribution in [0.4, 0.5) is 5.69 Å². The number of benzene rings is 2. The van der Waals surface area contributed by atoms with Gasteiger partial charge < -0.3 is 24.4 Å². The van der Waals surface area contributed by atoms with Crippen LogP contribution in [0.5, 0.6) is 5.75 Å². The number of carbonyl (C=O) groups excluding carboxylic acids is 3. The molecule has 2 rings (SSSR count). The SMILES string of the molecule is CCOc1ccc(/C=N/OCC(=O)Nc2cc(C(=O)OC)cc(C(=O)OC)c2)cc1. The fourth-order valence-corrected chi connectivity index (χ4v) is 2.38. The molecule has 0 saturated heterocycles. The zero-order valence-electron chi connectivity index (χ0n) is 16.8. The summed E-state index contributed by atoms with van der Waals surface area (Å²) in [7, 11) is 2.42. The van der Waals surface area contributed by atoms with E-state index in [1.165, 1.54) is 38.6 Å². The Hall–Kier alpha value is -3.88. The zero-order valence-corrected chi connectivity index (χ0v) is 16.8. The molecule has 1 N–H and O–H groups in total. The summed E-state index contributed by atoms with van der Waals surface area (Å²) in [5, 5.41) is 6.27. The number of oxime groups is 1. The average Bonchev–Trinajstić information content (AvgIpc) is 2.76. The molecule has 9 nitrogen and oxygen atoms in total. The second-order valence-corrected chi connectivity index (χ2v) is 5.84. The van der Waals surface area contributed by atoms with Gasteiger partial charge in [0.2, 0.25) is 0 Å². The van der Waals surface area contributed by atoms with Crippen molar-refractivity contribution in [2.45, 2.75) is 6.92 Å². The third kappa shape index (κ3) is 6.62. The van der Waals surface area contributed by atoms with Crippen LogP contribution in [0.15, 0.2) is 47.6 Å². The van der Waals surface area contributed by atoms with Gasteiger partial charge in [0.15, 0.2) is 6.61 Å². The summed E-state index contributed by atoms with van der Waals surface area (Å²) in [6.45, 7) is 2.11. The number of carbonyl (C=O) groups is 3. The van der Waals surface area contributed by atoms with Gasteiger partial charge in [0.05, 0.1) is 38.2 Å². The number of hydrogen-bond acceptors (Lipinski definition) is 8. The molecule has 0 unspecified atom stereocenters. The molecule has 0 radical (unpaired) electrons. The first-order chi connectivity index (χ1) is 14.5. The molecular weight excluding hydrogens is 392 g/mol. The van der Waals surface area contributed by atoms with Gasteiger partial charge in [-0.3, -0.25) is 4.79 Å². The topological polar surface area (TPSA) is 113 Å². The molecule has 158 valence electrons. The lowest BCUT2D eigenvalue weighted by molar-refractivity contribution is -0.120. The average molecular weight is 414 g/mol. The Labute approximate surface area is 173 Å². The van der Waals surface area contributed by atoms with E-state index in [0.717, 1.165) is 11.3 Å². The molecule has 0 heterocycles. The van der Waals surface area contributed by atoms with Gasteiger partial charge in [0, 0.05) is 5.69 Å². The second-order valence-electron chi connectivity index (χ2n) is 5.84. The molecule has 0 fully saturated rings. The molecule has 0 aliphatic heterocycles. The van der Waals surface area contributed by atoms with Crippen molar-refractivity contribution in [3.63, 3.8) is 0 Å². The Kier molecular flexibility index (Phi) is 8.37. The van der Waals surface area contributed by atoms with Crippen LogP contribution in [-0.4, -0.2) is 51.5 Å². The molecular formula is C21H22N2O7. The first kappa shape index (κ1) is 22.4. The highest BCUT2D eigenvalue weighted by molar-refractivity contribution is 5.99. The standard InChI is InChI=1S/C21H22N2O7/c1-4-29-18-7-5-14(6-8-18)12-22-30-13-19(24)23-17-10-15(20(25)27-2)9-16(11-17)21(26)28-3/h5-12H,4,13H2,1-3H3,(H,23,24)/b22-12+. The number of anilines is 1. The van der Waals surface area contributed by atoms with Crippen LogP contribution >= 0.6 is 0 Å². The van der Waals surface area contributed by atoms with E-state index in [9.17, 15) is 14.4 Å². The lowest BCUT2D eigenvalue weighted by Gasteiger charge is -2.09. The highest BCUT2D eigenvalue weighted by Crippen LogP contribution is 2.17. The minimum absolute atomic E-state index is 0.0881. The quantitative estimate of drug-likeness (QED) is 0.381. The van der Waals surface area contributed by atoms with Crippen LogP contribution in [0.1, 0.15) is 33.2 Å². The van der Waals surface area contributed by atoms with Crippen molar-refractivity contribution < 1.29 is 33.4 Å². The minimum Gasteiger partial charge on any atom is -0.494 e. The molecule has 2 aromatic carbocycles. The third-order valence-electron chi connectivity index (χ3n) is 3.72. The van der Waals surface area contributed by atoms with E-state index in [0.29, 0.717) is 6.61 Å². The highest BCUT2D eigenvalue weighted by Gasteiger charge is 2.15. The number of nitrogens with zero attached hydrogens (tertiary/aromatic N) is 1. The van der Waals surface area contributed by atoms with Gasteiger partial charge in [-0.15, -0.1) is 0 Å². The number of ether oxygens (including phenoxy) is 3. The minimum atomic E-state index is -0.660. The predicted molar refractivity (Wildman–Crippen MR) is 109 cm³/mol. The molecule has 0 atom stereocenters. The summed E-state index contributed by atoms with van der Waals surface area (Å²) >= 11 is 0. The molecule has 30 heavy (non-hydrogen) atoms. The maximum absolute atomic E-state index is 12.1. The van der Waals surface area contributed by atoms with Gasteiger partial charge in [-0.25, -0.2) is 9.59 Å². The van der Waals surface area contributed by atoms with E-state index < -0.39 is 17.8 Å². The van der Waals surface area contributed by atoms with Crippen molar-refractivity contribution in [2.75, 3.05) is 32.8 Å². The summed E-state index contributed by atoms with van der Waals surface area (Å²) in [5.74, 6) is -1.10. The number of esters is 2. The Bertz CT molecular complexity index is 889. The summed E-state index contributed by atoms with van der Waals surface area (Å²) in [5.41, 5.74) is 1.16. The Morgan fingerprint density at radius 3 is 2.10 bits per heavy atom. The monoisotopic (exact) mass is 414 g/mol. The van der Waals surface area contributed by atoms with Gasteiger partial charge >= 0.3 is 11.9 Å². The van der Waals surface area contributed by atoms with E-state index in [1.54, 1.807) is 24.3 Å². The number of rotatable bonds is 9. The van der Waals surface area contributed by atoms with Crippen molar-refractivity contribution >= 4 is 29.7 Å². The van der Waals surface area contributed by atoms with Crippen LogP contribution in [0.25, 0.3) is 0 Å². The van der Waals surface area contributed by atoms with Crippen molar-refractivity contribution in [3.8, 4) is 5.75 Å². The molecule has 0 aliphatic carbocycles. The Morgan fingerprint density at radius 2 is 1.57 bits per heavy atom. The highest BCUT2D eigenvalue weighted by atomic mass is 16.6. The molecule has 9 heteroatoms. The van der Waals surface area contributed by atoms with E-state index in [-0.39, 0.29) is 23.4 Å². The van der Waals surface area contributed by atoms with Gasteiger partial charge in [0.1, 0.15) is 5.75 Å². The summed E-state index contributed by atoms with van der Waals surface area (Å²) < 4.78 is 14.7. The van der Waals surface area contributed by atoms with E-state index >= 15 is 0 Å². The van der Waals surface area contributed by atoms with Gasteiger partial charge in [-0.2, -0.15) is 0 Å². The number of methoxy groups -OCH3 is 2. The molecule has 0 bridgehead atoms. The summed E-state index contributed by atoms with van der Waals surface area (Å²) in [6, 6.07) is 11.2. The largest absolute Gasteiger partial charge is 0.494 e. The lowest BCUT2D eigenvalue weighted by atomic mass is 10.1. The van der Waals surface area contributed by atoms with Gasteiger partial charge in [-0.1, -0.05) is 5.16 Å². The fourth-order valence-electron chi connectivity index (χ4n) is 2.38. The zero-order chi connectivity index (χ0) is 21.9. The van der Waals surface area contributed by atoms with Crippen LogP contribution in [0.2, 0.25) is 0 Å². The molecule has 0 spiro atoms. The third-order valence-corrected chi connectivity index (χ3v) is 3.72. The number of nitrogens with one attached hydrogen (secondary N) is 1. The van der Waals surface area contributed by atoms with Crippen molar-refractivity contribution in [1.29, 1.82) is 0 Å². The van der Waals surface area contributed by atoms with Crippen LogP contribution in [-0.2, 0) is 19.1 Å². The fraction of sp³-hybridized carbons (Fsp3) is 0.238. The molecule has 2 aromatic rings. The van der Waals surface area contributed by atoms with Gasteiger partial charge in [0.25, 0.3) is 5.91 Å². The van der Waals surface area contributed by atoms with Crippen LogP contribution in [0.3, 0.4) is 0 Å². The summed E-state index contributed by atoms with van der Waals surface area (Å²) in [6.07, 6.45) is 1.45. The van der Waals surface area contributed by atoms with Crippen LogP contribution in [0, 0.1) is 0 Å². The summed E-state index contributed by atoms with van der Waals surface area (Å²) in [4.78, 5) is 40.6. The Balaban J connectivity index is 1.96. The normalized spacial score (nSPS) is 10.4. The van der Waals surface area contributed by atoms with Crippen LogP contribution < -0.4 is 10.1 Å². The Morgan fingerprint density at radius 1 is 0.967 bits per heavy atom. The van der Waals surface area contributed by atoms with E-state index in [2.05, 4.69) is 19.9 Å². The van der Waals surface area contributed by atoms with E-state index in [1.807, 2.05) is 6.92 Å². The smallest absolute Gasteiger partial charge is 0.337 e. The maximum Gasteiger partial charge on any atom is 0.337 e. The first-order valence-corrected chi connectivity index (χ1v) is 8.96. The van der Waals surface area contributed by atoms with Crippen molar-refractivity contribution in [1.82, 2.24) is 0 Å². The number of hydrogen-bond donors (Lipinski definition) is 1. The van der Waals surface area contributed by atoms with Gasteiger partial charge in [-0.05, 0) is 55.0 Å². The predicted octanol–water partition coefficient (Wildman–Crippen LogP) is 2.65. The lowest BCUT2D eigenvalue weighted by Crippen LogP contribution is -2.18. The van der Waals surface area contributed by atoms with Crippen molar-refractivity contribution in [2.24, 2.45) is 5.16 Å². The molecule has 0 aromatic heterocycles. The maximum atomic E-state index is 12.1. The van der Waals surface area contributed by atoms with Crippen molar-refractivity contribution in [3.05, 3.63) is 59.2 Å². The molecule has 0 aliphatic rings. The molecule has 1 amide bonds. The second kappa shape index (κ2) is 11.2. The first-order valence-electron chi connectivity index (χ1n) is 8.96.